The first-order valence-corrected chi connectivity index (χ1v) is 11.5. The Bertz CT molecular complexity index is 1020. The Kier molecular flexibility index (Phi) is 4.97. The molecule has 11 heteroatoms. The summed E-state index contributed by atoms with van der Waals surface area (Å²) in [6, 6.07) is 1.51. The maximum absolute atomic E-state index is 13.0. The molecule has 1 saturated carbocycles. The second-order valence-electron chi connectivity index (χ2n) is 7.90. The maximum Gasteiger partial charge on any atom is 0.274 e. The molecule has 3 atom stereocenters. The molecule has 0 spiro atoms. The highest BCUT2D eigenvalue weighted by Crippen LogP contribution is 2.50. The Morgan fingerprint density at radius 2 is 2.21 bits per heavy atom. The second-order valence-corrected chi connectivity index (χ2v) is 9.94. The fourth-order valence-electron chi connectivity index (χ4n) is 4.60. The summed E-state index contributed by atoms with van der Waals surface area (Å²) in [6.45, 7) is 6.93. The standard InChI is InChI=1S/C18H26N6O4S/c1-4-24-7-6-15(20-24)16(25)23-10-13-8-14(22-29(26,27)5-2)9-18(13,11-23)17-19-12(3)21-28-17/h6-7,13-14,22H,4-5,8-11H2,1-3H3/t13-,14+,18-/m0/s1. The first-order chi connectivity index (χ1) is 13.8. The van der Waals surface area contributed by atoms with Crippen LogP contribution >= 0.6 is 0 Å². The Morgan fingerprint density at radius 3 is 2.83 bits per heavy atom. The van der Waals surface area contributed by atoms with Crippen LogP contribution in [0.1, 0.15) is 48.9 Å². The lowest BCUT2D eigenvalue weighted by Gasteiger charge is -2.25. The minimum absolute atomic E-state index is 0.0316. The summed E-state index contributed by atoms with van der Waals surface area (Å²) < 4.78 is 34.2. The average Bonchev–Trinajstić information content (AvgIpc) is 3.43. The van der Waals surface area contributed by atoms with Gasteiger partial charge in [0.2, 0.25) is 15.9 Å². The Labute approximate surface area is 169 Å². The normalized spacial score (nSPS) is 26.8. The lowest BCUT2D eigenvalue weighted by Crippen LogP contribution is -2.40. The smallest absolute Gasteiger partial charge is 0.274 e. The van der Waals surface area contributed by atoms with Crippen LogP contribution in [0.5, 0.6) is 0 Å². The summed E-state index contributed by atoms with van der Waals surface area (Å²) in [5.74, 6) is 0.938. The number of carbonyl (C=O) groups excluding carboxylic acids is 1. The average molecular weight is 423 g/mol. The number of hydrogen-bond acceptors (Lipinski definition) is 7. The van der Waals surface area contributed by atoms with Gasteiger partial charge < -0.3 is 9.42 Å². The summed E-state index contributed by atoms with van der Waals surface area (Å²) in [4.78, 5) is 19.2. The van der Waals surface area contributed by atoms with Gasteiger partial charge in [-0.1, -0.05) is 5.16 Å². The molecule has 2 aromatic rings. The van der Waals surface area contributed by atoms with Crippen LogP contribution in [0.15, 0.2) is 16.8 Å². The summed E-state index contributed by atoms with van der Waals surface area (Å²) in [5, 5.41) is 8.25. The SMILES string of the molecule is CCn1ccc(C(=O)N2C[C@@H]3C[C@@H](NS(=O)(=O)CC)C[C@]3(c3nc(C)no3)C2)n1. The highest BCUT2D eigenvalue weighted by Gasteiger charge is 2.58. The molecule has 158 valence electrons. The maximum atomic E-state index is 13.0. The molecular weight excluding hydrogens is 396 g/mol. The number of nitrogens with zero attached hydrogens (tertiary/aromatic N) is 5. The van der Waals surface area contributed by atoms with Crippen LogP contribution in [0.4, 0.5) is 0 Å². The molecule has 1 aliphatic heterocycles. The molecule has 0 unspecified atom stereocenters. The third-order valence-corrected chi connectivity index (χ3v) is 7.48. The van der Waals surface area contributed by atoms with Crippen LogP contribution < -0.4 is 4.72 Å². The lowest BCUT2D eigenvalue weighted by molar-refractivity contribution is 0.0766. The van der Waals surface area contributed by atoms with E-state index in [1.54, 1.807) is 35.7 Å². The van der Waals surface area contributed by atoms with Crippen molar-refractivity contribution in [2.75, 3.05) is 18.8 Å². The van der Waals surface area contributed by atoms with Crippen LogP contribution in [-0.4, -0.2) is 64.0 Å². The minimum Gasteiger partial charge on any atom is -0.339 e. The van der Waals surface area contributed by atoms with E-state index in [9.17, 15) is 13.2 Å². The zero-order chi connectivity index (χ0) is 20.8. The van der Waals surface area contributed by atoms with E-state index in [0.29, 0.717) is 49.9 Å². The third kappa shape index (κ3) is 3.57. The number of aryl methyl sites for hydroxylation is 2. The number of likely N-dealkylation sites (tertiary alicyclic amines) is 1. The fourth-order valence-corrected chi connectivity index (χ4v) is 5.45. The Balaban J connectivity index is 1.60. The molecule has 0 aromatic carbocycles. The molecule has 0 radical (unpaired) electrons. The van der Waals surface area contributed by atoms with E-state index < -0.39 is 15.4 Å². The summed E-state index contributed by atoms with van der Waals surface area (Å²) in [7, 11) is -3.32. The monoisotopic (exact) mass is 422 g/mol. The molecule has 1 N–H and O–H groups in total. The number of nitrogens with one attached hydrogen (secondary N) is 1. The number of amides is 1. The molecule has 3 heterocycles. The van der Waals surface area contributed by atoms with Gasteiger partial charge in [0.05, 0.1) is 11.2 Å². The summed E-state index contributed by atoms with van der Waals surface area (Å²) in [5.41, 5.74) is -0.141. The quantitative estimate of drug-likeness (QED) is 0.727. The zero-order valence-corrected chi connectivity index (χ0v) is 17.6. The Morgan fingerprint density at radius 1 is 1.41 bits per heavy atom. The van der Waals surface area contributed by atoms with Crippen LogP contribution in [0, 0.1) is 12.8 Å². The van der Waals surface area contributed by atoms with E-state index in [0.717, 1.165) is 0 Å². The van der Waals surface area contributed by atoms with Crippen molar-refractivity contribution in [1.29, 1.82) is 0 Å². The number of fused-ring (bicyclic) bond motifs is 1. The minimum atomic E-state index is -3.32. The number of hydrogen-bond donors (Lipinski definition) is 1. The van der Waals surface area contributed by atoms with Crippen LogP contribution in [0.2, 0.25) is 0 Å². The molecule has 1 amide bonds. The molecule has 2 fully saturated rings. The van der Waals surface area contributed by atoms with Crippen molar-refractivity contribution in [2.24, 2.45) is 5.92 Å². The van der Waals surface area contributed by atoms with Crippen LogP contribution in [-0.2, 0) is 22.0 Å². The molecule has 29 heavy (non-hydrogen) atoms. The Hall–Kier alpha value is -2.27. The molecule has 2 aromatic heterocycles. The van der Waals surface area contributed by atoms with Gasteiger partial charge in [-0.3, -0.25) is 9.48 Å². The van der Waals surface area contributed by atoms with Crippen molar-refractivity contribution in [1.82, 2.24) is 29.5 Å². The van der Waals surface area contributed by atoms with Gasteiger partial charge in [0.1, 0.15) is 5.69 Å². The van der Waals surface area contributed by atoms with Gasteiger partial charge in [-0.2, -0.15) is 10.1 Å². The molecule has 4 rings (SSSR count). The van der Waals surface area contributed by atoms with Gasteiger partial charge in [-0.05, 0) is 45.6 Å². The third-order valence-electron chi connectivity index (χ3n) is 6.03. The zero-order valence-electron chi connectivity index (χ0n) is 16.8. The molecule has 1 saturated heterocycles. The van der Waals surface area contributed by atoms with Crippen LogP contribution in [0.25, 0.3) is 0 Å². The highest BCUT2D eigenvalue weighted by molar-refractivity contribution is 7.89. The van der Waals surface area contributed by atoms with Gasteiger partial charge in [-0.25, -0.2) is 13.1 Å². The second kappa shape index (κ2) is 7.21. The van der Waals surface area contributed by atoms with E-state index in [4.69, 9.17) is 4.52 Å². The van der Waals surface area contributed by atoms with Crippen molar-refractivity contribution in [3.63, 3.8) is 0 Å². The largest absolute Gasteiger partial charge is 0.339 e. The first kappa shape index (κ1) is 20.0. The predicted molar refractivity (Wildman–Crippen MR) is 104 cm³/mol. The van der Waals surface area contributed by atoms with Crippen LogP contribution in [0.3, 0.4) is 0 Å². The van der Waals surface area contributed by atoms with E-state index in [2.05, 4.69) is 20.0 Å². The lowest BCUT2D eigenvalue weighted by atomic mass is 9.80. The molecule has 0 bridgehead atoms. The van der Waals surface area contributed by atoms with E-state index in [1.807, 2.05) is 6.92 Å². The number of aromatic nitrogens is 4. The molecular formula is C18H26N6O4S. The van der Waals surface area contributed by atoms with E-state index in [1.165, 1.54) is 0 Å². The van der Waals surface area contributed by atoms with Crippen molar-refractivity contribution in [3.05, 3.63) is 29.7 Å². The van der Waals surface area contributed by atoms with Crippen molar-refractivity contribution in [2.45, 2.75) is 51.6 Å². The van der Waals surface area contributed by atoms with Gasteiger partial charge in [0, 0.05) is 31.9 Å². The predicted octanol–water partition coefficient (Wildman–Crippen LogP) is 0.706. The summed E-state index contributed by atoms with van der Waals surface area (Å²) >= 11 is 0. The van der Waals surface area contributed by atoms with Crippen molar-refractivity contribution in [3.8, 4) is 0 Å². The van der Waals surface area contributed by atoms with E-state index >= 15 is 0 Å². The highest BCUT2D eigenvalue weighted by atomic mass is 32.2. The molecule has 2 aliphatic rings. The molecule has 10 nitrogen and oxygen atoms in total. The first-order valence-electron chi connectivity index (χ1n) is 9.90. The van der Waals surface area contributed by atoms with Crippen molar-refractivity contribution < 1.29 is 17.7 Å². The fraction of sp³-hybridized carbons (Fsp3) is 0.667. The number of sulfonamides is 1. The van der Waals surface area contributed by atoms with Gasteiger partial charge >= 0.3 is 0 Å². The van der Waals surface area contributed by atoms with Gasteiger partial charge in [0.15, 0.2) is 5.82 Å². The summed E-state index contributed by atoms with van der Waals surface area (Å²) in [6.07, 6.45) is 2.93. The topological polar surface area (TPSA) is 123 Å². The van der Waals surface area contributed by atoms with E-state index in [-0.39, 0.29) is 23.6 Å². The molecule has 1 aliphatic carbocycles. The number of rotatable bonds is 6. The van der Waals surface area contributed by atoms with Gasteiger partial charge in [0.25, 0.3) is 5.91 Å². The van der Waals surface area contributed by atoms with Gasteiger partial charge in [-0.15, -0.1) is 0 Å². The van der Waals surface area contributed by atoms with Crippen molar-refractivity contribution >= 4 is 15.9 Å². The number of carbonyl (C=O) groups is 1.